The molecule has 2 heterocycles. The molecule has 2 aromatic rings. The van der Waals surface area contributed by atoms with Gasteiger partial charge in [-0.1, -0.05) is 29.0 Å². The van der Waals surface area contributed by atoms with E-state index < -0.39 is 0 Å². The molecule has 0 saturated carbocycles. The molecule has 0 radical (unpaired) electrons. The van der Waals surface area contributed by atoms with Gasteiger partial charge in [-0.25, -0.2) is 0 Å². The summed E-state index contributed by atoms with van der Waals surface area (Å²) in [6.45, 7) is 4.91. The number of aromatic nitrogens is 2. The molecule has 0 unspecified atom stereocenters. The standard InChI is InChI=1S/C16H19N5O2S/c1-12-2-4-13(5-3-12)15(23)21-8-6-20(7-9-21)10-14(22)18-16-19-17-11-24-16/h2-5,11H,6-10H2,1H3,(H,18,19,22). The third-order valence-electron chi connectivity index (χ3n) is 3.93. The average Bonchev–Trinajstić information content (AvgIpc) is 3.08. The molecule has 0 aliphatic carbocycles. The van der Waals surface area contributed by atoms with Gasteiger partial charge in [0.15, 0.2) is 0 Å². The lowest BCUT2D eigenvalue weighted by Crippen LogP contribution is -2.50. The summed E-state index contributed by atoms with van der Waals surface area (Å²) < 4.78 is 0. The number of carbonyl (C=O) groups excluding carboxylic acids is 2. The normalized spacial score (nSPS) is 15.3. The highest BCUT2D eigenvalue weighted by Crippen LogP contribution is 2.11. The number of piperazine rings is 1. The van der Waals surface area contributed by atoms with Crippen LogP contribution in [0.15, 0.2) is 29.8 Å². The fourth-order valence-corrected chi connectivity index (χ4v) is 3.04. The van der Waals surface area contributed by atoms with Crippen LogP contribution in [0, 0.1) is 6.92 Å². The number of nitrogens with zero attached hydrogens (tertiary/aromatic N) is 4. The minimum Gasteiger partial charge on any atom is -0.336 e. The molecule has 126 valence electrons. The molecule has 24 heavy (non-hydrogen) atoms. The summed E-state index contributed by atoms with van der Waals surface area (Å²) >= 11 is 1.29. The van der Waals surface area contributed by atoms with Crippen molar-refractivity contribution in [3.63, 3.8) is 0 Å². The number of hydrogen-bond acceptors (Lipinski definition) is 6. The second kappa shape index (κ2) is 7.50. The Balaban J connectivity index is 1.47. The van der Waals surface area contributed by atoms with Crippen LogP contribution in [0.25, 0.3) is 0 Å². The molecule has 1 aromatic heterocycles. The highest BCUT2D eigenvalue weighted by molar-refractivity contribution is 7.13. The van der Waals surface area contributed by atoms with Crippen LogP contribution in [0.2, 0.25) is 0 Å². The SMILES string of the molecule is Cc1ccc(C(=O)N2CCN(CC(=O)Nc3nncs3)CC2)cc1. The number of amides is 2. The number of rotatable bonds is 4. The Morgan fingerprint density at radius 3 is 2.50 bits per heavy atom. The maximum atomic E-state index is 12.5. The predicted molar refractivity (Wildman–Crippen MR) is 92.1 cm³/mol. The maximum absolute atomic E-state index is 12.5. The number of aryl methyl sites for hydroxylation is 1. The van der Waals surface area contributed by atoms with E-state index in [1.54, 1.807) is 5.51 Å². The van der Waals surface area contributed by atoms with Gasteiger partial charge in [0.2, 0.25) is 11.0 Å². The first kappa shape index (κ1) is 16.5. The molecular formula is C16H19N5O2S. The lowest BCUT2D eigenvalue weighted by Gasteiger charge is -2.34. The topological polar surface area (TPSA) is 78.4 Å². The monoisotopic (exact) mass is 345 g/mol. The fraction of sp³-hybridized carbons (Fsp3) is 0.375. The first-order valence-corrected chi connectivity index (χ1v) is 8.64. The Morgan fingerprint density at radius 1 is 1.17 bits per heavy atom. The van der Waals surface area contributed by atoms with Gasteiger partial charge < -0.3 is 4.90 Å². The van der Waals surface area contributed by atoms with Crippen molar-refractivity contribution in [2.45, 2.75) is 6.92 Å². The van der Waals surface area contributed by atoms with Gasteiger partial charge in [-0.3, -0.25) is 19.8 Å². The largest absolute Gasteiger partial charge is 0.336 e. The summed E-state index contributed by atoms with van der Waals surface area (Å²) in [4.78, 5) is 28.3. The first-order chi connectivity index (χ1) is 11.6. The van der Waals surface area contributed by atoms with Crippen LogP contribution in [-0.2, 0) is 4.79 Å². The molecule has 1 saturated heterocycles. The zero-order valence-corrected chi connectivity index (χ0v) is 14.3. The molecule has 1 aromatic carbocycles. The summed E-state index contributed by atoms with van der Waals surface area (Å²) in [5.41, 5.74) is 3.42. The van der Waals surface area contributed by atoms with Gasteiger partial charge in [0.25, 0.3) is 5.91 Å². The number of hydrogen-bond donors (Lipinski definition) is 1. The van der Waals surface area contributed by atoms with Crippen molar-refractivity contribution in [3.05, 3.63) is 40.9 Å². The van der Waals surface area contributed by atoms with Crippen LogP contribution in [0.5, 0.6) is 0 Å². The van der Waals surface area contributed by atoms with Gasteiger partial charge in [0, 0.05) is 31.7 Å². The van der Waals surface area contributed by atoms with Crippen molar-refractivity contribution < 1.29 is 9.59 Å². The second-order valence-electron chi connectivity index (χ2n) is 5.73. The van der Waals surface area contributed by atoms with Crippen LogP contribution in [0.4, 0.5) is 5.13 Å². The van der Waals surface area contributed by atoms with E-state index in [0.717, 1.165) is 5.56 Å². The first-order valence-electron chi connectivity index (χ1n) is 7.76. The Labute approximate surface area is 144 Å². The second-order valence-corrected chi connectivity index (χ2v) is 6.56. The average molecular weight is 345 g/mol. The molecule has 1 fully saturated rings. The summed E-state index contributed by atoms with van der Waals surface area (Å²) in [6, 6.07) is 7.61. The zero-order valence-electron chi connectivity index (χ0n) is 13.4. The van der Waals surface area contributed by atoms with E-state index in [2.05, 4.69) is 15.5 Å². The van der Waals surface area contributed by atoms with Gasteiger partial charge in [-0.2, -0.15) is 0 Å². The smallest absolute Gasteiger partial charge is 0.253 e. The molecule has 1 aliphatic heterocycles. The van der Waals surface area contributed by atoms with Gasteiger partial charge in [-0.15, -0.1) is 10.2 Å². The quantitative estimate of drug-likeness (QED) is 0.902. The Hall–Kier alpha value is -2.32. The minimum absolute atomic E-state index is 0.0490. The van der Waals surface area contributed by atoms with Crippen molar-refractivity contribution >= 4 is 28.3 Å². The lowest BCUT2D eigenvalue weighted by atomic mass is 10.1. The molecule has 1 aliphatic rings. The van der Waals surface area contributed by atoms with E-state index in [1.165, 1.54) is 11.3 Å². The van der Waals surface area contributed by atoms with E-state index >= 15 is 0 Å². The van der Waals surface area contributed by atoms with E-state index in [9.17, 15) is 9.59 Å². The molecule has 3 rings (SSSR count). The molecular weight excluding hydrogens is 326 g/mol. The third-order valence-corrected chi connectivity index (χ3v) is 4.54. The highest BCUT2D eigenvalue weighted by Gasteiger charge is 2.23. The summed E-state index contributed by atoms with van der Waals surface area (Å²) in [5.74, 6) is -0.0574. The predicted octanol–water partition coefficient (Wildman–Crippen LogP) is 1.24. The van der Waals surface area contributed by atoms with E-state index in [1.807, 2.05) is 41.0 Å². The van der Waals surface area contributed by atoms with Crippen molar-refractivity contribution in [2.24, 2.45) is 0 Å². The van der Waals surface area contributed by atoms with Crippen LogP contribution < -0.4 is 5.32 Å². The summed E-state index contributed by atoms with van der Waals surface area (Å²) in [6.07, 6.45) is 0. The van der Waals surface area contributed by atoms with E-state index in [0.29, 0.717) is 43.4 Å². The third kappa shape index (κ3) is 4.15. The number of benzene rings is 1. The Kier molecular flexibility index (Phi) is 5.17. The molecule has 0 spiro atoms. The van der Waals surface area contributed by atoms with Crippen LogP contribution in [0.1, 0.15) is 15.9 Å². The molecule has 0 atom stereocenters. The van der Waals surface area contributed by atoms with E-state index in [-0.39, 0.29) is 11.8 Å². The lowest BCUT2D eigenvalue weighted by molar-refractivity contribution is -0.117. The summed E-state index contributed by atoms with van der Waals surface area (Å²) in [7, 11) is 0. The zero-order chi connectivity index (χ0) is 16.9. The van der Waals surface area contributed by atoms with Crippen molar-refractivity contribution in [3.8, 4) is 0 Å². The molecule has 2 amide bonds. The Morgan fingerprint density at radius 2 is 1.88 bits per heavy atom. The van der Waals surface area contributed by atoms with Crippen LogP contribution in [0.3, 0.4) is 0 Å². The fourth-order valence-electron chi connectivity index (χ4n) is 2.58. The van der Waals surface area contributed by atoms with Crippen LogP contribution in [-0.4, -0.2) is 64.5 Å². The number of anilines is 1. The van der Waals surface area contributed by atoms with Gasteiger partial charge in [0.05, 0.1) is 6.54 Å². The van der Waals surface area contributed by atoms with Crippen molar-refractivity contribution in [1.82, 2.24) is 20.0 Å². The van der Waals surface area contributed by atoms with Crippen molar-refractivity contribution in [1.29, 1.82) is 0 Å². The molecule has 1 N–H and O–H groups in total. The molecule has 8 heteroatoms. The van der Waals surface area contributed by atoms with Gasteiger partial charge in [-0.05, 0) is 19.1 Å². The molecule has 7 nitrogen and oxygen atoms in total. The highest BCUT2D eigenvalue weighted by atomic mass is 32.1. The Bertz CT molecular complexity index is 694. The minimum atomic E-state index is -0.106. The number of nitrogens with one attached hydrogen (secondary N) is 1. The van der Waals surface area contributed by atoms with Crippen molar-refractivity contribution in [2.75, 3.05) is 38.0 Å². The molecule has 0 bridgehead atoms. The summed E-state index contributed by atoms with van der Waals surface area (Å²) in [5, 5.41) is 10.7. The maximum Gasteiger partial charge on any atom is 0.253 e. The van der Waals surface area contributed by atoms with E-state index in [4.69, 9.17) is 0 Å². The number of carbonyl (C=O) groups is 2. The van der Waals surface area contributed by atoms with Crippen LogP contribution >= 0.6 is 11.3 Å². The van der Waals surface area contributed by atoms with Gasteiger partial charge >= 0.3 is 0 Å². The van der Waals surface area contributed by atoms with Gasteiger partial charge in [0.1, 0.15) is 5.51 Å².